The number of hydrogen-bond donors (Lipinski definition) is 0. The molecule has 28 heavy (non-hydrogen) atoms. The molecular weight excluding hydrogens is 348 g/mol. The third-order valence-electron chi connectivity index (χ3n) is 9.65. The molecule has 158 valence electrons. The molecule has 0 bridgehead atoms. The van der Waals surface area contributed by atoms with Gasteiger partial charge < -0.3 is 4.74 Å². The molecule has 4 rings (SSSR count). The minimum Gasteiger partial charge on any atom is -0.370 e. The molecule has 4 aliphatic carbocycles. The molecule has 0 radical (unpaired) electrons. The SMILES string of the molecule is CC(C)(C)C(=O)CO[C@H]1CC[C@H]2[C@@H]3CCC4CC(=O)CC[C@]4(C)[C@H]3CC[C@]12C. The van der Waals surface area contributed by atoms with Crippen LogP contribution in [0.4, 0.5) is 0 Å². The third kappa shape index (κ3) is 3.20. The topological polar surface area (TPSA) is 43.4 Å². The zero-order valence-electron chi connectivity index (χ0n) is 18.7. The van der Waals surface area contributed by atoms with Crippen LogP contribution in [0, 0.1) is 39.9 Å². The number of hydrogen-bond acceptors (Lipinski definition) is 3. The summed E-state index contributed by atoms with van der Waals surface area (Å²) in [6, 6.07) is 0. The van der Waals surface area contributed by atoms with Crippen LogP contribution < -0.4 is 0 Å². The van der Waals surface area contributed by atoms with Crippen molar-refractivity contribution >= 4 is 11.6 Å². The van der Waals surface area contributed by atoms with Gasteiger partial charge in [-0.2, -0.15) is 0 Å². The quantitative estimate of drug-likeness (QED) is 0.632. The maximum absolute atomic E-state index is 12.4. The highest BCUT2D eigenvalue weighted by molar-refractivity contribution is 5.84. The lowest BCUT2D eigenvalue weighted by atomic mass is 9.45. The molecule has 4 fully saturated rings. The van der Waals surface area contributed by atoms with Crippen LogP contribution >= 0.6 is 0 Å². The van der Waals surface area contributed by atoms with E-state index in [-0.39, 0.29) is 29.3 Å². The molecule has 0 aromatic heterocycles. The average molecular weight is 389 g/mol. The number of fused-ring (bicyclic) bond motifs is 5. The lowest BCUT2D eigenvalue weighted by molar-refractivity contribution is -0.150. The van der Waals surface area contributed by atoms with Crippen LogP contribution in [-0.4, -0.2) is 24.3 Å². The average Bonchev–Trinajstić information content (AvgIpc) is 2.96. The Balaban J connectivity index is 1.48. The highest BCUT2D eigenvalue weighted by Crippen LogP contribution is 2.66. The van der Waals surface area contributed by atoms with E-state index in [1.807, 2.05) is 20.8 Å². The number of ether oxygens (including phenoxy) is 1. The van der Waals surface area contributed by atoms with Crippen molar-refractivity contribution in [2.24, 2.45) is 39.9 Å². The summed E-state index contributed by atoms with van der Waals surface area (Å²) in [6.07, 6.45) is 10.4. The highest BCUT2D eigenvalue weighted by Gasteiger charge is 2.60. The summed E-state index contributed by atoms with van der Waals surface area (Å²) >= 11 is 0. The molecule has 0 N–H and O–H groups in total. The summed E-state index contributed by atoms with van der Waals surface area (Å²) in [7, 11) is 0. The monoisotopic (exact) mass is 388 g/mol. The van der Waals surface area contributed by atoms with Gasteiger partial charge in [0.2, 0.25) is 0 Å². The van der Waals surface area contributed by atoms with Crippen molar-refractivity contribution < 1.29 is 14.3 Å². The van der Waals surface area contributed by atoms with E-state index < -0.39 is 0 Å². The van der Waals surface area contributed by atoms with Crippen LogP contribution in [0.25, 0.3) is 0 Å². The van der Waals surface area contributed by atoms with Crippen molar-refractivity contribution in [1.29, 1.82) is 0 Å². The van der Waals surface area contributed by atoms with Crippen LogP contribution in [-0.2, 0) is 14.3 Å². The van der Waals surface area contributed by atoms with E-state index in [1.54, 1.807) is 0 Å². The van der Waals surface area contributed by atoms with Gasteiger partial charge in [0.25, 0.3) is 0 Å². The number of carbonyl (C=O) groups excluding carboxylic acids is 2. The molecule has 0 saturated heterocycles. The fourth-order valence-corrected chi connectivity index (χ4v) is 7.66. The van der Waals surface area contributed by atoms with E-state index in [0.29, 0.717) is 17.1 Å². The summed E-state index contributed by atoms with van der Waals surface area (Å²) in [4.78, 5) is 24.4. The summed E-state index contributed by atoms with van der Waals surface area (Å²) in [5.41, 5.74) is 0.286. The molecular formula is C25H40O3. The minimum absolute atomic E-state index is 0.216. The molecule has 0 spiro atoms. The normalized spacial score (nSPS) is 45.9. The Kier molecular flexibility index (Phi) is 5.09. The molecule has 0 heterocycles. The highest BCUT2D eigenvalue weighted by atomic mass is 16.5. The van der Waals surface area contributed by atoms with Gasteiger partial charge in [0.1, 0.15) is 12.4 Å². The van der Waals surface area contributed by atoms with Crippen molar-refractivity contribution in [3.63, 3.8) is 0 Å². The second-order valence-electron chi connectivity index (χ2n) is 12.0. The summed E-state index contributed by atoms with van der Waals surface area (Å²) in [5.74, 6) is 3.65. The molecule has 0 aromatic carbocycles. The van der Waals surface area contributed by atoms with Crippen molar-refractivity contribution in [3.05, 3.63) is 0 Å². The van der Waals surface area contributed by atoms with Gasteiger partial charge in [-0.05, 0) is 79.4 Å². The van der Waals surface area contributed by atoms with Crippen LogP contribution in [0.15, 0.2) is 0 Å². The Morgan fingerprint density at radius 2 is 1.71 bits per heavy atom. The van der Waals surface area contributed by atoms with E-state index in [2.05, 4.69) is 13.8 Å². The van der Waals surface area contributed by atoms with Crippen molar-refractivity contribution in [2.45, 2.75) is 98.5 Å². The van der Waals surface area contributed by atoms with Gasteiger partial charge in [-0.25, -0.2) is 0 Å². The number of carbonyl (C=O) groups is 2. The Morgan fingerprint density at radius 1 is 1.00 bits per heavy atom. The number of rotatable bonds is 3. The van der Waals surface area contributed by atoms with Crippen LogP contribution in [0.2, 0.25) is 0 Å². The summed E-state index contributed by atoms with van der Waals surface area (Å²) in [6.45, 7) is 11.2. The molecule has 4 aliphatic rings. The van der Waals surface area contributed by atoms with Gasteiger partial charge in [-0.15, -0.1) is 0 Å². The Bertz CT molecular complexity index is 647. The molecule has 0 aromatic rings. The Hall–Kier alpha value is -0.700. The molecule has 3 nitrogen and oxygen atoms in total. The fraction of sp³-hybridized carbons (Fsp3) is 0.920. The molecule has 3 heteroatoms. The van der Waals surface area contributed by atoms with E-state index in [0.717, 1.165) is 43.4 Å². The van der Waals surface area contributed by atoms with E-state index >= 15 is 0 Å². The maximum Gasteiger partial charge on any atom is 0.163 e. The third-order valence-corrected chi connectivity index (χ3v) is 9.65. The molecule has 7 atom stereocenters. The first-order valence-electron chi connectivity index (χ1n) is 11.7. The zero-order valence-corrected chi connectivity index (χ0v) is 18.7. The largest absolute Gasteiger partial charge is 0.370 e. The maximum atomic E-state index is 12.4. The van der Waals surface area contributed by atoms with Gasteiger partial charge in [0.15, 0.2) is 5.78 Å². The zero-order chi connectivity index (χ0) is 20.3. The van der Waals surface area contributed by atoms with E-state index in [1.165, 1.54) is 32.1 Å². The van der Waals surface area contributed by atoms with Crippen LogP contribution in [0.3, 0.4) is 0 Å². The minimum atomic E-state index is -0.317. The number of ketones is 2. The van der Waals surface area contributed by atoms with Crippen molar-refractivity contribution in [2.75, 3.05) is 6.61 Å². The Morgan fingerprint density at radius 3 is 2.43 bits per heavy atom. The summed E-state index contributed by atoms with van der Waals surface area (Å²) in [5, 5.41) is 0. The van der Waals surface area contributed by atoms with Gasteiger partial charge in [0, 0.05) is 18.3 Å². The molecule has 0 amide bonds. The first kappa shape index (κ1) is 20.6. The standard InChI is InChI=1S/C25H40O3/c1-23(2,3)21(27)15-28-22-9-8-19-18-7-6-16-14-17(26)10-12-24(16,4)20(18)11-13-25(19,22)5/h16,18-20,22H,6-15H2,1-5H3/t16?,18-,19-,20-,22-,24-,25-/m0/s1. The lowest BCUT2D eigenvalue weighted by Gasteiger charge is -2.60. The van der Waals surface area contributed by atoms with Crippen LogP contribution in [0.5, 0.6) is 0 Å². The second kappa shape index (κ2) is 6.93. The smallest absolute Gasteiger partial charge is 0.163 e. The first-order chi connectivity index (χ1) is 13.1. The van der Waals surface area contributed by atoms with Gasteiger partial charge in [-0.1, -0.05) is 34.6 Å². The summed E-state index contributed by atoms with van der Waals surface area (Å²) < 4.78 is 6.30. The van der Waals surface area contributed by atoms with Crippen molar-refractivity contribution in [3.8, 4) is 0 Å². The first-order valence-corrected chi connectivity index (χ1v) is 11.7. The lowest BCUT2D eigenvalue weighted by Crippen LogP contribution is -2.54. The predicted molar refractivity (Wildman–Crippen MR) is 111 cm³/mol. The van der Waals surface area contributed by atoms with Crippen molar-refractivity contribution in [1.82, 2.24) is 0 Å². The molecule has 1 unspecified atom stereocenters. The Labute approximate surface area is 171 Å². The van der Waals surface area contributed by atoms with Gasteiger partial charge in [-0.3, -0.25) is 9.59 Å². The van der Waals surface area contributed by atoms with Gasteiger partial charge in [0.05, 0.1) is 6.10 Å². The van der Waals surface area contributed by atoms with E-state index in [9.17, 15) is 9.59 Å². The molecule has 0 aliphatic heterocycles. The van der Waals surface area contributed by atoms with Gasteiger partial charge >= 0.3 is 0 Å². The molecule has 4 saturated carbocycles. The second-order valence-corrected chi connectivity index (χ2v) is 12.0. The predicted octanol–water partition coefficient (Wildman–Crippen LogP) is 5.60. The van der Waals surface area contributed by atoms with E-state index in [4.69, 9.17) is 4.74 Å². The van der Waals surface area contributed by atoms with Crippen LogP contribution in [0.1, 0.15) is 92.4 Å². The number of Topliss-reactive ketones (excluding diaryl/α,β-unsaturated/α-hetero) is 2. The fourth-order valence-electron chi connectivity index (χ4n) is 7.66.